The molecular formula is C23H24ClN3O4S. The number of halogens is 1. The Morgan fingerprint density at radius 1 is 1.09 bits per heavy atom. The Morgan fingerprint density at radius 2 is 1.84 bits per heavy atom. The highest BCUT2D eigenvalue weighted by Crippen LogP contribution is 2.27. The molecule has 3 aromatic rings. The van der Waals surface area contributed by atoms with Gasteiger partial charge in [-0.25, -0.2) is 8.42 Å². The molecular weight excluding hydrogens is 450 g/mol. The third-order valence-electron chi connectivity index (χ3n) is 4.58. The monoisotopic (exact) mass is 473 g/mol. The quantitative estimate of drug-likeness (QED) is 0.470. The van der Waals surface area contributed by atoms with Crippen molar-refractivity contribution in [2.75, 3.05) is 6.61 Å². The lowest BCUT2D eigenvalue weighted by Gasteiger charge is -2.19. The van der Waals surface area contributed by atoms with Gasteiger partial charge in [-0.05, 0) is 49.2 Å². The van der Waals surface area contributed by atoms with Gasteiger partial charge in [-0.3, -0.25) is 9.78 Å². The Bertz CT molecular complexity index is 1140. The summed E-state index contributed by atoms with van der Waals surface area (Å²) >= 11 is 6.16. The van der Waals surface area contributed by atoms with Crippen LogP contribution in [-0.4, -0.2) is 32.0 Å². The maximum atomic E-state index is 13.0. The summed E-state index contributed by atoms with van der Waals surface area (Å²) in [6.07, 6.45) is 1.81. The van der Waals surface area contributed by atoms with E-state index >= 15 is 0 Å². The molecule has 1 heterocycles. The zero-order chi connectivity index (χ0) is 23.0. The van der Waals surface area contributed by atoms with Crippen molar-refractivity contribution < 1.29 is 17.9 Å². The second-order valence-corrected chi connectivity index (χ2v) is 9.05. The molecule has 1 atom stereocenters. The number of sulfonamides is 1. The lowest BCUT2D eigenvalue weighted by Crippen LogP contribution is -2.47. The normalized spacial score (nSPS) is 12.2. The minimum Gasteiger partial charge on any atom is -0.492 e. The molecule has 7 nitrogen and oxygen atoms in total. The molecule has 32 heavy (non-hydrogen) atoms. The van der Waals surface area contributed by atoms with Gasteiger partial charge in [0.1, 0.15) is 11.8 Å². The number of aromatic nitrogens is 1. The summed E-state index contributed by atoms with van der Waals surface area (Å²) in [6.45, 7) is 2.39. The number of hydrogen-bond donors (Lipinski definition) is 2. The Morgan fingerprint density at radius 3 is 2.50 bits per heavy atom. The third-order valence-corrected chi connectivity index (χ3v) is 6.34. The lowest BCUT2D eigenvalue weighted by atomic mass is 10.1. The van der Waals surface area contributed by atoms with Crippen LogP contribution in [0.25, 0.3) is 0 Å². The molecule has 0 saturated carbocycles. The van der Waals surface area contributed by atoms with Crippen LogP contribution < -0.4 is 14.8 Å². The number of hydrogen-bond acceptors (Lipinski definition) is 5. The fourth-order valence-corrected chi connectivity index (χ4v) is 4.54. The van der Waals surface area contributed by atoms with Crippen LogP contribution in [-0.2, 0) is 27.8 Å². The van der Waals surface area contributed by atoms with Crippen molar-refractivity contribution in [3.05, 3.63) is 89.2 Å². The van der Waals surface area contributed by atoms with E-state index in [1.165, 1.54) is 18.2 Å². The van der Waals surface area contributed by atoms with E-state index in [1.54, 1.807) is 25.3 Å². The second-order valence-electron chi connectivity index (χ2n) is 6.93. The summed E-state index contributed by atoms with van der Waals surface area (Å²) in [6, 6.07) is 17.7. The summed E-state index contributed by atoms with van der Waals surface area (Å²) in [5.41, 5.74) is 1.48. The summed E-state index contributed by atoms with van der Waals surface area (Å²) < 4.78 is 33.9. The molecule has 1 aromatic heterocycles. The number of benzene rings is 2. The molecule has 0 aliphatic heterocycles. The minimum atomic E-state index is -4.03. The molecule has 0 unspecified atom stereocenters. The number of pyridine rings is 1. The Balaban J connectivity index is 1.80. The number of nitrogens with one attached hydrogen (secondary N) is 2. The maximum Gasteiger partial charge on any atom is 0.241 e. The zero-order valence-corrected chi connectivity index (χ0v) is 19.1. The van der Waals surface area contributed by atoms with Gasteiger partial charge in [-0.15, -0.1) is 0 Å². The van der Waals surface area contributed by atoms with Crippen LogP contribution in [0.2, 0.25) is 5.02 Å². The first-order chi connectivity index (χ1) is 15.4. The van der Waals surface area contributed by atoms with Crippen molar-refractivity contribution in [1.82, 2.24) is 15.0 Å². The van der Waals surface area contributed by atoms with Crippen molar-refractivity contribution >= 4 is 27.5 Å². The van der Waals surface area contributed by atoms with E-state index in [-0.39, 0.29) is 22.9 Å². The van der Waals surface area contributed by atoms with Gasteiger partial charge in [0.25, 0.3) is 0 Å². The third kappa shape index (κ3) is 6.53. The molecule has 0 saturated heterocycles. The number of ether oxygens (including phenoxy) is 1. The maximum absolute atomic E-state index is 13.0. The van der Waals surface area contributed by atoms with E-state index in [4.69, 9.17) is 16.3 Å². The SMILES string of the molecule is CCOc1ccc(S(=O)(=O)N[C@@H](Cc2ccccc2)C(=O)NCc2ccccn2)cc1Cl. The molecule has 9 heteroatoms. The van der Waals surface area contributed by atoms with E-state index in [1.807, 2.05) is 36.4 Å². The van der Waals surface area contributed by atoms with Crippen LogP contribution in [0.15, 0.2) is 77.8 Å². The summed E-state index contributed by atoms with van der Waals surface area (Å²) in [7, 11) is -4.03. The van der Waals surface area contributed by atoms with Gasteiger partial charge in [0.2, 0.25) is 15.9 Å². The highest BCUT2D eigenvalue weighted by Gasteiger charge is 2.26. The highest BCUT2D eigenvalue weighted by molar-refractivity contribution is 7.89. The van der Waals surface area contributed by atoms with E-state index in [9.17, 15) is 13.2 Å². The fourth-order valence-electron chi connectivity index (χ4n) is 3.02. The van der Waals surface area contributed by atoms with E-state index < -0.39 is 22.0 Å². The summed E-state index contributed by atoms with van der Waals surface area (Å²) in [4.78, 5) is 17.0. The molecule has 2 N–H and O–H groups in total. The average Bonchev–Trinajstić information content (AvgIpc) is 2.79. The van der Waals surface area contributed by atoms with Gasteiger partial charge in [0.15, 0.2) is 0 Å². The molecule has 3 rings (SSSR count). The van der Waals surface area contributed by atoms with Crippen LogP contribution in [0.3, 0.4) is 0 Å². The van der Waals surface area contributed by atoms with E-state index in [2.05, 4.69) is 15.0 Å². The first-order valence-corrected chi connectivity index (χ1v) is 11.9. The highest BCUT2D eigenvalue weighted by atomic mass is 35.5. The van der Waals surface area contributed by atoms with Gasteiger partial charge < -0.3 is 10.1 Å². The predicted molar refractivity (Wildman–Crippen MR) is 123 cm³/mol. The Kier molecular flexibility index (Phi) is 8.21. The number of carbonyl (C=O) groups excluding carboxylic acids is 1. The topological polar surface area (TPSA) is 97.4 Å². The first kappa shape index (κ1) is 23.7. The molecule has 168 valence electrons. The van der Waals surface area contributed by atoms with Gasteiger partial charge >= 0.3 is 0 Å². The molecule has 0 aliphatic rings. The Labute approximate surface area is 192 Å². The summed E-state index contributed by atoms with van der Waals surface area (Å²) in [5.74, 6) is -0.0674. The smallest absolute Gasteiger partial charge is 0.241 e. The van der Waals surface area contributed by atoms with Gasteiger partial charge in [0, 0.05) is 6.20 Å². The first-order valence-electron chi connectivity index (χ1n) is 10.1. The fraction of sp³-hybridized carbons (Fsp3) is 0.217. The lowest BCUT2D eigenvalue weighted by molar-refractivity contribution is -0.122. The number of carbonyl (C=O) groups is 1. The van der Waals surface area contributed by atoms with Crippen molar-refractivity contribution in [2.45, 2.75) is 30.8 Å². The molecule has 2 aromatic carbocycles. The standard InChI is InChI=1S/C23H24ClN3O4S/c1-2-31-22-12-11-19(15-20(22)24)32(29,30)27-21(14-17-8-4-3-5-9-17)23(28)26-16-18-10-6-7-13-25-18/h3-13,15,21,27H,2,14,16H2,1H3,(H,26,28)/t21-/m0/s1. The van der Waals surface area contributed by atoms with Crippen LogP contribution in [0.1, 0.15) is 18.2 Å². The number of amides is 1. The van der Waals surface area contributed by atoms with Crippen molar-refractivity contribution in [3.8, 4) is 5.75 Å². The van der Waals surface area contributed by atoms with Gasteiger partial charge in [0.05, 0.1) is 28.8 Å². The molecule has 0 fully saturated rings. The largest absolute Gasteiger partial charge is 0.492 e. The number of nitrogens with zero attached hydrogens (tertiary/aromatic N) is 1. The molecule has 0 spiro atoms. The van der Waals surface area contributed by atoms with Crippen molar-refractivity contribution in [2.24, 2.45) is 0 Å². The molecule has 1 amide bonds. The Hall–Kier alpha value is -2.94. The number of rotatable bonds is 10. The summed E-state index contributed by atoms with van der Waals surface area (Å²) in [5, 5.41) is 2.93. The van der Waals surface area contributed by atoms with Crippen molar-refractivity contribution in [3.63, 3.8) is 0 Å². The minimum absolute atomic E-state index is 0.0541. The molecule has 0 radical (unpaired) electrons. The van der Waals surface area contributed by atoms with Crippen LogP contribution >= 0.6 is 11.6 Å². The van der Waals surface area contributed by atoms with Crippen LogP contribution in [0.4, 0.5) is 0 Å². The van der Waals surface area contributed by atoms with Crippen molar-refractivity contribution in [1.29, 1.82) is 0 Å². The van der Waals surface area contributed by atoms with Gasteiger partial charge in [-0.1, -0.05) is 48.0 Å². The second kappa shape index (κ2) is 11.1. The molecule has 0 aliphatic carbocycles. The van der Waals surface area contributed by atoms with Crippen LogP contribution in [0.5, 0.6) is 5.75 Å². The van der Waals surface area contributed by atoms with Crippen LogP contribution in [0, 0.1) is 0 Å². The van der Waals surface area contributed by atoms with E-state index in [0.717, 1.165) is 5.56 Å². The molecule has 0 bridgehead atoms. The van der Waals surface area contributed by atoms with Gasteiger partial charge in [-0.2, -0.15) is 4.72 Å². The zero-order valence-electron chi connectivity index (χ0n) is 17.5. The average molecular weight is 474 g/mol. The van der Waals surface area contributed by atoms with E-state index in [0.29, 0.717) is 18.1 Å². The predicted octanol–water partition coefficient (Wildman–Crippen LogP) is 3.34.